The minimum absolute atomic E-state index is 0.158. The van der Waals surface area contributed by atoms with Crippen LogP contribution in [0.15, 0.2) is 0 Å². The van der Waals surface area contributed by atoms with Crippen LogP contribution in [0.1, 0.15) is 59.3 Å². The van der Waals surface area contributed by atoms with Crippen molar-refractivity contribution < 1.29 is 9.53 Å². The standard InChI is InChI=1S/C15H31N3O2/c1-15(2,3)20-14(19)18-13-9-6-4-5-8-12(13)17-11-7-10-16/h12-13,17H,4-11,16H2,1-3H3,(H,18,19). The van der Waals surface area contributed by atoms with E-state index >= 15 is 0 Å². The van der Waals surface area contributed by atoms with Gasteiger partial charge in [0.15, 0.2) is 0 Å². The molecule has 0 saturated heterocycles. The number of nitrogens with one attached hydrogen (secondary N) is 2. The van der Waals surface area contributed by atoms with Gasteiger partial charge in [-0.15, -0.1) is 0 Å². The monoisotopic (exact) mass is 285 g/mol. The predicted octanol–water partition coefficient (Wildman–Crippen LogP) is 2.15. The van der Waals surface area contributed by atoms with E-state index in [1.807, 2.05) is 20.8 Å². The molecule has 0 radical (unpaired) electrons. The second kappa shape index (κ2) is 8.47. The van der Waals surface area contributed by atoms with Gasteiger partial charge in [0.05, 0.1) is 0 Å². The molecule has 2 atom stereocenters. The summed E-state index contributed by atoms with van der Waals surface area (Å²) < 4.78 is 5.36. The van der Waals surface area contributed by atoms with Crippen LogP contribution in [-0.2, 0) is 4.74 Å². The smallest absolute Gasteiger partial charge is 0.407 e. The maximum absolute atomic E-state index is 11.9. The lowest BCUT2D eigenvalue weighted by atomic mass is 10.0. The number of hydrogen-bond donors (Lipinski definition) is 3. The quantitative estimate of drug-likeness (QED) is 0.534. The van der Waals surface area contributed by atoms with Crippen molar-refractivity contribution >= 4 is 6.09 Å². The molecule has 1 saturated carbocycles. The third-order valence-corrected chi connectivity index (χ3v) is 3.51. The summed E-state index contributed by atoms with van der Waals surface area (Å²) in [7, 11) is 0. The lowest BCUT2D eigenvalue weighted by molar-refractivity contribution is 0.0489. The molecular formula is C15H31N3O2. The molecule has 1 fully saturated rings. The molecule has 1 aliphatic carbocycles. The number of rotatable bonds is 5. The fourth-order valence-corrected chi connectivity index (χ4v) is 2.57. The van der Waals surface area contributed by atoms with Crippen LogP contribution in [0.5, 0.6) is 0 Å². The fraction of sp³-hybridized carbons (Fsp3) is 0.933. The zero-order chi connectivity index (χ0) is 15.0. The summed E-state index contributed by atoms with van der Waals surface area (Å²) in [4.78, 5) is 11.9. The molecule has 5 heteroatoms. The highest BCUT2D eigenvalue weighted by Gasteiger charge is 2.26. The normalized spacial score (nSPS) is 24.0. The van der Waals surface area contributed by atoms with Crippen molar-refractivity contribution in [2.24, 2.45) is 5.73 Å². The number of ether oxygens (including phenoxy) is 1. The first kappa shape index (κ1) is 17.2. The minimum Gasteiger partial charge on any atom is -0.444 e. The Labute approximate surface area is 123 Å². The van der Waals surface area contributed by atoms with Crippen LogP contribution in [0.4, 0.5) is 4.79 Å². The van der Waals surface area contributed by atoms with Gasteiger partial charge < -0.3 is 21.1 Å². The first-order valence-corrected chi connectivity index (χ1v) is 7.85. The number of nitrogens with two attached hydrogens (primary N) is 1. The van der Waals surface area contributed by atoms with E-state index in [1.165, 1.54) is 12.8 Å². The summed E-state index contributed by atoms with van der Waals surface area (Å²) in [6, 6.07) is 0.488. The lowest BCUT2D eigenvalue weighted by Crippen LogP contribution is -2.50. The van der Waals surface area contributed by atoms with E-state index in [1.54, 1.807) is 0 Å². The van der Waals surface area contributed by atoms with Crippen molar-refractivity contribution in [3.63, 3.8) is 0 Å². The number of amides is 1. The summed E-state index contributed by atoms with van der Waals surface area (Å²) in [5.74, 6) is 0. The Hall–Kier alpha value is -0.810. The molecule has 1 aliphatic rings. The van der Waals surface area contributed by atoms with Crippen LogP contribution in [0, 0.1) is 0 Å². The van der Waals surface area contributed by atoms with E-state index in [4.69, 9.17) is 10.5 Å². The van der Waals surface area contributed by atoms with Gasteiger partial charge in [0.25, 0.3) is 0 Å². The largest absolute Gasteiger partial charge is 0.444 e. The lowest BCUT2D eigenvalue weighted by Gasteiger charge is -2.29. The number of hydrogen-bond acceptors (Lipinski definition) is 4. The summed E-state index contributed by atoms with van der Waals surface area (Å²) in [6.45, 7) is 7.27. The Bertz CT molecular complexity index is 289. The SMILES string of the molecule is CC(C)(C)OC(=O)NC1CCCCCC1NCCCN. The zero-order valence-electron chi connectivity index (χ0n) is 13.2. The van der Waals surface area contributed by atoms with Gasteiger partial charge in [-0.2, -0.15) is 0 Å². The van der Waals surface area contributed by atoms with E-state index in [0.717, 1.165) is 32.2 Å². The highest BCUT2D eigenvalue weighted by atomic mass is 16.6. The molecule has 0 aromatic carbocycles. The van der Waals surface area contributed by atoms with Crippen LogP contribution in [0.3, 0.4) is 0 Å². The number of carbonyl (C=O) groups is 1. The van der Waals surface area contributed by atoms with Gasteiger partial charge in [0.2, 0.25) is 0 Å². The summed E-state index contributed by atoms with van der Waals surface area (Å²) >= 11 is 0. The van der Waals surface area contributed by atoms with Gasteiger partial charge >= 0.3 is 6.09 Å². The van der Waals surface area contributed by atoms with Gasteiger partial charge in [-0.25, -0.2) is 4.79 Å². The molecule has 2 unspecified atom stereocenters. The minimum atomic E-state index is -0.447. The van der Waals surface area contributed by atoms with Crippen LogP contribution < -0.4 is 16.4 Å². The van der Waals surface area contributed by atoms with Crippen LogP contribution in [0.2, 0.25) is 0 Å². The molecule has 118 valence electrons. The highest BCUT2D eigenvalue weighted by Crippen LogP contribution is 2.19. The third kappa shape index (κ3) is 7.10. The molecular weight excluding hydrogens is 254 g/mol. The molecule has 0 aromatic heterocycles. The zero-order valence-corrected chi connectivity index (χ0v) is 13.2. The number of carbonyl (C=O) groups excluding carboxylic acids is 1. The van der Waals surface area contributed by atoms with Gasteiger partial charge in [-0.1, -0.05) is 19.3 Å². The molecule has 20 heavy (non-hydrogen) atoms. The van der Waals surface area contributed by atoms with E-state index in [0.29, 0.717) is 12.6 Å². The van der Waals surface area contributed by atoms with Crippen molar-refractivity contribution in [1.29, 1.82) is 0 Å². The van der Waals surface area contributed by atoms with Crippen LogP contribution in [0.25, 0.3) is 0 Å². The van der Waals surface area contributed by atoms with Crippen molar-refractivity contribution in [1.82, 2.24) is 10.6 Å². The number of alkyl carbamates (subject to hydrolysis) is 1. The maximum atomic E-state index is 11.9. The van der Waals surface area contributed by atoms with Crippen LogP contribution >= 0.6 is 0 Å². The van der Waals surface area contributed by atoms with Crippen molar-refractivity contribution in [3.05, 3.63) is 0 Å². The molecule has 1 rings (SSSR count). The van der Waals surface area contributed by atoms with E-state index < -0.39 is 5.60 Å². The molecule has 0 aliphatic heterocycles. The predicted molar refractivity (Wildman–Crippen MR) is 81.7 cm³/mol. The Morgan fingerprint density at radius 3 is 2.45 bits per heavy atom. The topological polar surface area (TPSA) is 76.4 Å². The molecule has 4 N–H and O–H groups in total. The second-order valence-electron chi connectivity index (χ2n) is 6.59. The van der Waals surface area contributed by atoms with Gasteiger partial charge in [0.1, 0.15) is 5.60 Å². The average molecular weight is 285 g/mol. The highest BCUT2D eigenvalue weighted by molar-refractivity contribution is 5.68. The van der Waals surface area contributed by atoms with Crippen LogP contribution in [-0.4, -0.2) is 36.9 Å². The van der Waals surface area contributed by atoms with Gasteiger partial charge in [-0.05, 0) is 53.1 Å². The third-order valence-electron chi connectivity index (χ3n) is 3.51. The van der Waals surface area contributed by atoms with Gasteiger partial charge in [0, 0.05) is 12.1 Å². The van der Waals surface area contributed by atoms with E-state index in [2.05, 4.69) is 10.6 Å². The average Bonchev–Trinajstić information content (AvgIpc) is 2.53. The van der Waals surface area contributed by atoms with Crippen molar-refractivity contribution in [2.75, 3.05) is 13.1 Å². The van der Waals surface area contributed by atoms with Crippen molar-refractivity contribution in [3.8, 4) is 0 Å². The first-order chi connectivity index (χ1) is 9.42. The van der Waals surface area contributed by atoms with E-state index in [-0.39, 0.29) is 12.1 Å². The Balaban J connectivity index is 2.49. The molecule has 0 bridgehead atoms. The summed E-state index contributed by atoms with van der Waals surface area (Å²) in [6.07, 6.45) is 6.39. The summed E-state index contributed by atoms with van der Waals surface area (Å²) in [5, 5.41) is 6.57. The Morgan fingerprint density at radius 1 is 1.20 bits per heavy atom. The van der Waals surface area contributed by atoms with Gasteiger partial charge in [-0.3, -0.25) is 0 Å². The molecule has 1 amide bonds. The molecule has 5 nitrogen and oxygen atoms in total. The maximum Gasteiger partial charge on any atom is 0.407 e. The first-order valence-electron chi connectivity index (χ1n) is 7.85. The molecule has 0 aromatic rings. The fourth-order valence-electron chi connectivity index (χ4n) is 2.57. The van der Waals surface area contributed by atoms with Crippen molar-refractivity contribution in [2.45, 2.75) is 77.0 Å². The Morgan fingerprint density at radius 2 is 1.85 bits per heavy atom. The molecule has 0 heterocycles. The van der Waals surface area contributed by atoms with E-state index in [9.17, 15) is 4.79 Å². The second-order valence-corrected chi connectivity index (χ2v) is 6.59. The molecule has 0 spiro atoms. The summed E-state index contributed by atoms with van der Waals surface area (Å²) in [5.41, 5.74) is 5.08. The Kier molecular flexibility index (Phi) is 7.30.